The highest BCUT2D eigenvalue weighted by Gasteiger charge is 2.43. The van der Waals surface area contributed by atoms with Crippen LogP contribution in [0.5, 0.6) is 0 Å². The molecule has 2 aliphatic rings. The van der Waals surface area contributed by atoms with Crippen LogP contribution in [0.1, 0.15) is 12.8 Å². The Balaban J connectivity index is 2.04. The molecule has 2 aliphatic heterocycles. The van der Waals surface area contributed by atoms with Gasteiger partial charge in [0.25, 0.3) is 5.91 Å². The van der Waals surface area contributed by atoms with Crippen molar-refractivity contribution in [1.82, 2.24) is 15.4 Å². The van der Waals surface area contributed by atoms with E-state index in [-0.39, 0.29) is 24.7 Å². The van der Waals surface area contributed by atoms with E-state index < -0.39 is 10.4 Å². The van der Waals surface area contributed by atoms with E-state index in [9.17, 15) is 13.2 Å². The van der Waals surface area contributed by atoms with E-state index in [0.717, 1.165) is 0 Å². The quantitative estimate of drug-likeness (QED) is 0.228. The van der Waals surface area contributed by atoms with Crippen molar-refractivity contribution in [2.75, 3.05) is 13.2 Å². The van der Waals surface area contributed by atoms with Crippen LogP contribution >= 0.6 is 0 Å². The molecule has 2 rings (SSSR count). The molecule has 0 aromatic rings. The molecule has 2 heterocycles. The zero-order valence-electron chi connectivity index (χ0n) is 8.94. The number of hydroxylamine groups is 2. The Morgan fingerprint density at radius 3 is 2.76 bits per heavy atom. The monoisotopic (exact) mass is 266 g/mol. The van der Waals surface area contributed by atoms with Gasteiger partial charge in [-0.15, -0.1) is 0 Å². The molecule has 98 valence electrons. The highest BCUT2D eigenvalue weighted by molar-refractivity contribution is 7.80. The molecule has 9 nitrogen and oxygen atoms in total. The van der Waals surface area contributed by atoms with Gasteiger partial charge in [0.2, 0.25) is 0 Å². The maximum absolute atomic E-state index is 11.4. The Kier molecular flexibility index (Phi) is 3.34. The smallest absolute Gasteiger partial charge is 0.293 e. The number of carbonyl (C=O) groups excluding carboxylic acids is 1. The van der Waals surface area contributed by atoms with Crippen molar-refractivity contribution < 1.29 is 22.0 Å². The van der Waals surface area contributed by atoms with E-state index in [1.165, 1.54) is 5.06 Å². The zero-order valence-corrected chi connectivity index (χ0v) is 9.76. The molecule has 0 saturated carbocycles. The van der Waals surface area contributed by atoms with E-state index in [2.05, 4.69) is 9.71 Å². The predicted molar refractivity (Wildman–Crippen MR) is 55.2 cm³/mol. The minimum atomic E-state index is -4.52. The van der Waals surface area contributed by atoms with Gasteiger partial charge in [-0.25, -0.2) is 5.84 Å². The summed E-state index contributed by atoms with van der Waals surface area (Å²) in [7, 11) is -4.52. The number of fused-ring (bicyclic) bond motifs is 2. The molecule has 2 fully saturated rings. The van der Waals surface area contributed by atoms with Gasteiger partial charge in [-0.2, -0.15) is 17.8 Å². The van der Waals surface area contributed by atoms with Gasteiger partial charge in [-0.3, -0.25) is 19.7 Å². The lowest BCUT2D eigenvalue weighted by atomic mass is 10.0. The van der Waals surface area contributed by atoms with Crippen LogP contribution in [0.4, 0.5) is 0 Å². The molecule has 0 aliphatic carbocycles. The number of nitrogens with one attached hydrogen (secondary N) is 1. The minimum Gasteiger partial charge on any atom is -0.293 e. The molecule has 4 N–H and O–H groups in total. The SMILES string of the molecule is NNC(=O)C1CCC2CN1CN2OS(=O)(=O)O. The van der Waals surface area contributed by atoms with Gasteiger partial charge < -0.3 is 0 Å². The molecule has 17 heavy (non-hydrogen) atoms. The van der Waals surface area contributed by atoms with Gasteiger partial charge >= 0.3 is 10.4 Å². The Morgan fingerprint density at radius 2 is 2.18 bits per heavy atom. The van der Waals surface area contributed by atoms with Crippen LogP contribution < -0.4 is 11.3 Å². The normalized spacial score (nSPS) is 33.6. The number of nitrogens with zero attached hydrogens (tertiary/aromatic N) is 2. The maximum atomic E-state index is 11.4. The fourth-order valence-electron chi connectivity index (χ4n) is 2.31. The first-order valence-electron chi connectivity index (χ1n) is 5.09. The number of rotatable bonds is 3. The molecule has 2 bridgehead atoms. The van der Waals surface area contributed by atoms with E-state index in [0.29, 0.717) is 19.4 Å². The van der Waals surface area contributed by atoms with Crippen LogP contribution in [-0.2, 0) is 19.5 Å². The summed E-state index contributed by atoms with van der Waals surface area (Å²) in [6.07, 6.45) is 1.17. The summed E-state index contributed by atoms with van der Waals surface area (Å²) in [6.45, 7) is 0.649. The summed E-state index contributed by atoms with van der Waals surface area (Å²) in [4.78, 5) is 13.2. The molecule has 0 aromatic heterocycles. The van der Waals surface area contributed by atoms with Crippen LogP contribution in [0.2, 0.25) is 0 Å². The molecule has 3 unspecified atom stereocenters. The highest BCUT2D eigenvalue weighted by Crippen LogP contribution is 2.28. The van der Waals surface area contributed by atoms with Gasteiger partial charge in [0.05, 0.1) is 18.8 Å². The van der Waals surface area contributed by atoms with E-state index in [4.69, 9.17) is 10.4 Å². The maximum Gasteiger partial charge on any atom is 0.413 e. The highest BCUT2D eigenvalue weighted by atomic mass is 32.3. The summed E-state index contributed by atoms with van der Waals surface area (Å²) in [5.74, 6) is 4.75. The first-order valence-corrected chi connectivity index (χ1v) is 6.45. The Morgan fingerprint density at radius 1 is 1.47 bits per heavy atom. The van der Waals surface area contributed by atoms with Gasteiger partial charge in [0.15, 0.2) is 0 Å². The lowest BCUT2D eigenvalue weighted by Crippen LogP contribution is -2.50. The second-order valence-electron chi connectivity index (χ2n) is 4.09. The molecular weight excluding hydrogens is 252 g/mol. The first-order chi connectivity index (χ1) is 7.90. The summed E-state index contributed by atoms with van der Waals surface area (Å²) >= 11 is 0. The zero-order chi connectivity index (χ0) is 12.6. The van der Waals surface area contributed by atoms with Crippen LogP contribution in [0.3, 0.4) is 0 Å². The summed E-state index contributed by atoms with van der Waals surface area (Å²) < 4.78 is 34.3. The summed E-state index contributed by atoms with van der Waals surface area (Å²) in [5.41, 5.74) is 2.07. The van der Waals surface area contributed by atoms with E-state index >= 15 is 0 Å². The number of hydrazine groups is 1. The standard InChI is InChI=1S/C7H14N4O5S/c8-9-7(12)6-2-1-5-3-10(6)4-11(5)16-17(13,14)15/h5-6H,1-4,8H2,(H,9,12)(H,13,14,15). The van der Waals surface area contributed by atoms with Crippen molar-refractivity contribution in [3.05, 3.63) is 0 Å². The number of piperidine rings is 1. The second kappa shape index (κ2) is 4.48. The lowest BCUT2D eigenvalue weighted by molar-refractivity contribution is -0.127. The van der Waals surface area contributed by atoms with Crippen molar-refractivity contribution in [3.8, 4) is 0 Å². The summed E-state index contributed by atoms with van der Waals surface area (Å²) in [5, 5.41) is 1.17. The summed E-state index contributed by atoms with van der Waals surface area (Å²) in [6, 6.07) is -0.523. The van der Waals surface area contributed by atoms with Crippen molar-refractivity contribution in [2.24, 2.45) is 5.84 Å². The lowest BCUT2D eigenvalue weighted by Gasteiger charge is -2.28. The largest absolute Gasteiger partial charge is 0.413 e. The molecule has 2 saturated heterocycles. The number of carbonyl (C=O) groups is 1. The third-order valence-electron chi connectivity index (χ3n) is 3.02. The number of nitrogens with two attached hydrogens (primary N) is 1. The molecule has 0 spiro atoms. The van der Waals surface area contributed by atoms with Gasteiger partial charge in [0.1, 0.15) is 0 Å². The molecule has 3 atom stereocenters. The van der Waals surface area contributed by atoms with Crippen molar-refractivity contribution in [2.45, 2.75) is 24.9 Å². The van der Waals surface area contributed by atoms with Gasteiger partial charge in [-0.05, 0) is 12.8 Å². The Hall–Kier alpha value is -0.780. The third kappa shape index (κ3) is 2.73. The van der Waals surface area contributed by atoms with Crippen LogP contribution in [0, 0.1) is 0 Å². The molecule has 10 heteroatoms. The molecule has 0 aromatic carbocycles. The van der Waals surface area contributed by atoms with Crippen molar-refractivity contribution in [1.29, 1.82) is 0 Å². The average molecular weight is 266 g/mol. The van der Waals surface area contributed by atoms with E-state index in [1.807, 2.05) is 0 Å². The minimum absolute atomic E-state index is 0.140. The van der Waals surface area contributed by atoms with E-state index in [1.54, 1.807) is 4.90 Å². The molecular formula is C7H14N4O5S. The average Bonchev–Trinajstić information content (AvgIpc) is 2.53. The Bertz CT molecular complexity index is 412. The molecule has 0 radical (unpaired) electrons. The number of hydrogen-bond donors (Lipinski definition) is 3. The molecule has 1 amide bonds. The van der Waals surface area contributed by atoms with Gasteiger partial charge in [0, 0.05) is 6.54 Å². The number of amides is 1. The second-order valence-corrected chi connectivity index (χ2v) is 5.09. The van der Waals surface area contributed by atoms with Crippen LogP contribution in [-0.4, -0.2) is 54.1 Å². The van der Waals surface area contributed by atoms with Gasteiger partial charge in [-0.1, -0.05) is 0 Å². The topological polar surface area (TPSA) is 125 Å². The predicted octanol–water partition coefficient (Wildman–Crippen LogP) is -2.18. The first kappa shape index (κ1) is 12.7. The van der Waals surface area contributed by atoms with Crippen LogP contribution in [0.25, 0.3) is 0 Å². The number of hydrogen-bond acceptors (Lipinski definition) is 7. The Labute approximate surface area is 98.4 Å². The fourth-order valence-corrected chi connectivity index (χ4v) is 2.72. The third-order valence-corrected chi connectivity index (χ3v) is 3.40. The van der Waals surface area contributed by atoms with Crippen molar-refractivity contribution >= 4 is 16.3 Å². The van der Waals surface area contributed by atoms with Crippen molar-refractivity contribution in [3.63, 3.8) is 0 Å². The van der Waals surface area contributed by atoms with Crippen LogP contribution in [0.15, 0.2) is 0 Å². The fraction of sp³-hybridized carbons (Fsp3) is 0.857.